The molecule has 1 saturated heterocycles. The summed E-state index contributed by atoms with van der Waals surface area (Å²) in [7, 11) is 0. The number of nitrogens with zero attached hydrogens (tertiary/aromatic N) is 1. The Labute approximate surface area is 107 Å². The van der Waals surface area contributed by atoms with Crippen LogP contribution in [0, 0.1) is 5.82 Å². The highest BCUT2D eigenvalue weighted by molar-refractivity contribution is 5.77. The van der Waals surface area contributed by atoms with Crippen molar-refractivity contribution in [2.45, 2.75) is 31.7 Å². The Bertz CT molecular complexity index is 418. The van der Waals surface area contributed by atoms with Gasteiger partial charge < -0.3 is 10.6 Å². The number of carbonyl (C=O) groups excluding carboxylic acids is 1. The molecule has 3 nitrogen and oxygen atoms in total. The molecular weight excluding hydrogens is 231 g/mol. The smallest absolute Gasteiger partial charge is 0.224 e. The second-order valence-corrected chi connectivity index (χ2v) is 4.92. The highest BCUT2D eigenvalue weighted by Crippen LogP contribution is 2.31. The fourth-order valence-electron chi connectivity index (χ4n) is 2.62. The lowest BCUT2D eigenvalue weighted by Gasteiger charge is -2.21. The summed E-state index contributed by atoms with van der Waals surface area (Å²) in [6.07, 6.45) is 1.34. The summed E-state index contributed by atoms with van der Waals surface area (Å²) in [4.78, 5) is 13.8. The van der Waals surface area contributed by atoms with Crippen molar-refractivity contribution < 1.29 is 9.18 Å². The molecule has 2 N–H and O–H groups in total. The zero-order chi connectivity index (χ0) is 13.1. The lowest BCUT2D eigenvalue weighted by molar-refractivity contribution is -0.131. The molecule has 0 saturated carbocycles. The van der Waals surface area contributed by atoms with E-state index < -0.39 is 0 Å². The minimum absolute atomic E-state index is 0.120. The van der Waals surface area contributed by atoms with Crippen molar-refractivity contribution in [3.8, 4) is 0 Å². The second kappa shape index (κ2) is 5.48. The molecule has 0 unspecified atom stereocenters. The zero-order valence-electron chi connectivity index (χ0n) is 10.6. The summed E-state index contributed by atoms with van der Waals surface area (Å²) < 4.78 is 12.9. The Morgan fingerprint density at radius 1 is 1.44 bits per heavy atom. The first kappa shape index (κ1) is 13.0. The van der Waals surface area contributed by atoms with Gasteiger partial charge in [0.1, 0.15) is 5.82 Å². The van der Waals surface area contributed by atoms with E-state index in [1.807, 2.05) is 17.0 Å². The average Bonchev–Trinajstić information content (AvgIpc) is 2.72. The van der Waals surface area contributed by atoms with Crippen LogP contribution < -0.4 is 5.73 Å². The average molecular weight is 250 g/mol. The number of rotatable bonds is 3. The molecule has 1 aromatic carbocycles. The molecule has 0 aromatic heterocycles. The van der Waals surface area contributed by atoms with Crippen LogP contribution in [0.2, 0.25) is 0 Å². The molecule has 1 amide bonds. The summed E-state index contributed by atoms with van der Waals surface area (Å²) in [5.74, 6) is 0.206. The molecular formula is C14H19FN2O. The van der Waals surface area contributed by atoms with Crippen LogP contribution in [0.5, 0.6) is 0 Å². The van der Waals surface area contributed by atoms with Crippen molar-refractivity contribution in [1.82, 2.24) is 4.90 Å². The number of carbonyl (C=O) groups is 1. The van der Waals surface area contributed by atoms with Crippen molar-refractivity contribution in [3.63, 3.8) is 0 Å². The topological polar surface area (TPSA) is 46.3 Å². The summed E-state index contributed by atoms with van der Waals surface area (Å²) in [5, 5.41) is 0. The third-order valence-electron chi connectivity index (χ3n) is 3.59. The van der Waals surface area contributed by atoms with Gasteiger partial charge in [-0.1, -0.05) is 12.1 Å². The molecule has 98 valence electrons. The summed E-state index contributed by atoms with van der Waals surface area (Å²) in [6, 6.07) is 6.81. The molecule has 1 aliphatic heterocycles. The quantitative estimate of drug-likeness (QED) is 0.890. The molecule has 1 fully saturated rings. The molecule has 18 heavy (non-hydrogen) atoms. The fourth-order valence-corrected chi connectivity index (χ4v) is 2.62. The number of hydrogen-bond acceptors (Lipinski definition) is 2. The van der Waals surface area contributed by atoms with Crippen LogP contribution in [0.3, 0.4) is 0 Å². The standard InChI is InChI=1S/C14H19FN2O/c1-10-8-12(9-17(10)14(18)6-7-16)11-2-4-13(15)5-3-11/h2-5,10,12H,6-9,16H2,1H3/t10-,12+/m0/s1. The SMILES string of the molecule is C[C@H]1C[C@@H](c2ccc(F)cc2)CN1C(=O)CCN. The number of benzene rings is 1. The molecule has 2 atom stereocenters. The predicted octanol–water partition coefficient (Wildman–Crippen LogP) is 1.88. The molecule has 0 spiro atoms. The van der Waals surface area contributed by atoms with Crippen molar-refractivity contribution in [3.05, 3.63) is 35.6 Å². The van der Waals surface area contributed by atoms with Gasteiger partial charge in [0.15, 0.2) is 0 Å². The van der Waals surface area contributed by atoms with Gasteiger partial charge in [0.25, 0.3) is 0 Å². The molecule has 0 aliphatic carbocycles. The number of likely N-dealkylation sites (tertiary alicyclic amines) is 1. The van der Waals surface area contributed by atoms with Gasteiger partial charge in [-0.25, -0.2) is 4.39 Å². The van der Waals surface area contributed by atoms with E-state index in [1.54, 1.807) is 0 Å². The van der Waals surface area contributed by atoms with E-state index in [0.717, 1.165) is 12.0 Å². The first-order valence-electron chi connectivity index (χ1n) is 6.37. The van der Waals surface area contributed by atoms with Gasteiger partial charge in [-0.2, -0.15) is 0 Å². The summed E-state index contributed by atoms with van der Waals surface area (Å²) in [6.45, 7) is 3.16. The molecule has 1 heterocycles. The van der Waals surface area contributed by atoms with E-state index in [4.69, 9.17) is 5.73 Å². The lowest BCUT2D eigenvalue weighted by atomic mass is 9.97. The second-order valence-electron chi connectivity index (χ2n) is 4.92. The number of amides is 1. The molecule has 2 rings (SSSR count). The predicted molar refractivity (Wildman–Crippen MR) is 68.6 cm³/mol. The number of nitrogens with two attached hydrogens (primary N) is 1. The van der Waals surface area contributed by atoms with E-state index >= 15 is 0 Å². The van der Waals surface area contributed by atoms with Gasteiger partial charge in [0.2, 0.25) is 5.91 Å². The third-order valence-corrected chi connectivity index (χ3v) is 3.59. The van der Waals surface area contributed by atoms with E-state index in [9.17, 15) is 9.18 Å². The minimum atomic E-state index is -0.221. The van der Waals surface area contributed by atoms with Crippen LogP contribution in [0.15, 0.2) is 24.3 Å². The van der Waals surface area contributed by atoms with Crippen LogP contribution in [-0.4, -0.2) is 29.9 Å². The van der Waals surface area contributed by atoms with Gasteiger partial charge in [-0.05, 0) is 31.0 Å². The Morgan fingerprint density at radius 2 is 2.11 bits per heavy atom. The Kier molecular flexibility index (Phi) is 3.97. The maximum Gasteiger partial charge on any atom is 0.224 e. The Hall–Kier alpha value is -1.42. The molecule has 1 aliphatic rings. The van der Waals surface area contributed by atoms with Crippen LogP contribution in [0.25, 0.3) is 0 Å². The van der Waals surface area contributed by atoms with E-state index in [-0.39, 0.29) is 17.8 Å². The molecule has 0 bridgehead atoms. The molecule has 4 heteroatoms. The molecule has 0 radical (unpaired) electrons. The highest BCUT2D eigenvalue weighted by Gasteiger charge is 2.32. The highest BCUT2D eigenvalue weighted by atomic mass is 19.1. The Balaban J connectivity index is 2.06. The number of hydrogen-bond donors (Lipinski definition) is 1. The maximum atomic E-state index is 12.9. The van der Waals surface area contributed by atoms with Crippen LogP contribution in [0.4, 0.5) is 4.39 Å². The van der Waals surface area contributed by atoms with Gasteiger partial charge in [0.05, 0.1) is 0 Å². The van der Waals surface area contributed by atoms with E-state index in [2.05, 4.69) is 6.92 Å². The number of halogens is 1. The van der Waals surface area contributed by atoms with Gasteiger partial charge in [-0.3, -0.25) is 4.79 Å². The van der Waals surface area contributed by atoms with Crippen molar-refractivity contribution in [2.24, 2.45) is 5.73 Å². The first-order chi connectivity index (χ1) is 8.61. The zero-order valence-corrected chi connectivity index (χ0v) is 10.6. The summed E-state index contributed by atoms with van der Waals surface area (Å²) >= 11 is 0. The van der Waals surface area contributed by atoms with Crippen LogP contribution >= 0.6 is 0 Å². The van der Waals surface area contributed by atoms with Gasteiger partial charge in [0, 0.05) is 31.5 Å². The minimum Gasteiger partial charge on any atom is -0.339 e. The normalized spacial score (nSPS) is 23.4. The Morgan fingerprint density at radius 3 is 2.72 bits per heavy atom. The van der Waals surface area contributed by atoms with Crippen LogP contribution in [0.1, 0.15) is 31.2 Å². The van der Waals surface area contributed by atoms with Gasteiger partial charge in [-0.15, -0.1) is 0 Å². The fraction of sp³-hybridized carbons (Fsp3) is 0.500. The van der Waals surface area contributed by atoms with Crippen molar-refractivity contribution in [2.75, 3.05) is 13.1 Å². The van der Waals surface area contributed by atoms with Crippen molar-refractivity contribution >= 4 is 5.91 Å². The van der Waals surface area contributed by atoms with Crippen LogP contribution in [-0.2, 0) is 4.79 Å². The monoisotopic (exact) mass is 250 g/mol. The lowest BCUT2D eigenvalue weighted by Crippen LogP contribution is -2.35. The largest absolute Gasteiger partial charge is 0.339 e. The van der Waals surface area contributed by atoms with Crippen molar-refractivity contribution in [1.29, 1.82) is 0 Å². The first-order valence-corrected chi connectivity index (χ1v) is 6.37. The molecule has 1 aromatic rings. The maximum absolute atomic E-state index is 12.9. The summed E-state index contributed by atoms with van der Waals surface area (Å²) in [5.41, 5.74) is 6.52. The van der Waals surface area contributed by atoms with Gasteiger partial charge >= 0.3 is 0 Å². The third kappa shape index (κ3) is 2.70. The van der Waals surface area contributed by atoms with E-state index in [0.29, 0.717) is 25.4 Å². The van der Waals surface area contributed by atoms with E-state index in [1.165, 1.54) is 12.1 Å².